The second-order valence-corrected chi connectivity index (χ2v) is 5.77. The van der Waals surface area contributed by atoms with Crippen LogP contribution in [0.2, 0.25) is 0 Å². The monoisotopic (exact) mass is 287 g/mol. The van der Waals surface area contributed by atoms with Gasteiger partial charge < -0.3 is 5.73 Å². The fourth-order valence-corrected chi connectivity index (χ4v) is 2.97. The Balaban J connectivity index is 2.39. The highest BCUT2D eigenvalue weighted by molar-refractivity contribution is 7.92. The maximum Gasteiger partial charge on any atom is 0.263 e. The van der Waals surface area contributed by atoms with Crippen LogP contribution < -0.4 is 10.5 Å². The Bertz CT molecular complexity index is 764. The van der Waals surface area contributed by atoms with E-state index in [1.807, 2.05) is 6.07 Å². The average Bonchev–Trinajstić information content (AvgIpc) is 2.47. The lowest BCUT2D eigenvalue weighted by molar-refractivity contribution is 0.601. The molecule has 0 aliphatic rings. The van der Waals surface area contributed by atoms with Crippen molar-refractivity contribution in [3.8, 4) is 6.07 Å². The predicted octanol–water partition coefficient (Wildman–Crippen LogP) is 1.82. The fourth-order valence-electron chi connectivity index (χ4n) is 1.77. The highest BCUT2D eigenvalue weighted by atomic mass is 32.2. The van der Waals surface area contributed by atoms with Crippen molar-refractivity contribution in [1.29, 1.82) is 5.26 Å². The van der Waals surface area contributed by atoms with E-state index in [2.05, 4.69) is 4.72 Å². The molecule has 6 heteroatoms. The molecule has 102 valence electrons. The molecule has 0 unspecified atom stereocenters. The first kappa shape index (κ1) is 14.1. The van der Waals surface area contributed by atoms with Crippen LogP contribution in [0.25, 0.3) is 0 Å². The topological polar surface area (TPSA) is 96.0 Å². The molecule has 2 aromatic rings. The Hall–Kier alpha value is -2.36. The second kappa shape index (κ2) is 5.74. The van der Waals surface area contributed by atoms with E-state index in [-0.39, 0.29) is 10.5 Å². The lowest BCUT2D eigenvalue weighted by Crippen LogP contribution is -2.14. The summed E-state index contributed by atoms with van der Waals surface area (Å²) in [6.07, 6.45) is 0. The third-order valence-electron chi connectivity index (χ3n) is 2.71. The van der Waals surface area contributed by atoms with E-state index in [9.17, 15) is 8.42 Å². The molecule has 0 fully saturated rings. The van der Waals surface area contributed by atoms with Crippen LogP contribution in [0.15, 0.2) is 53.4 Å². The van der Waals surface area contributed by atoms with Gasteiger partial charge in [-0.2, -0.15) is 5.26 Å². The lowest BCUT2D eigenvalue weighted by Gasteiger charge is -2.10. The van der Waals surface area contributed by atoms with Gasteiger partial charge in [0.05, 0.1) is 5.56 Å². The standard InChI is InChI=1S/C14H13N3O2S/c15-9-11-4-3-6-13(8-11)17-20(18,19)14-7-2-1-5-12(14)10-16/h1-8,17H,9,15H2. The van der Waals surface area contributed by atoms with E-state index in [0.29, 0.717) is 12.2 Å². The first-order valence-electron chi connectivity index (χ1n) is 5.88. The van der Waals surface area contributed by atoms with Crippen molar-refractivity contribution < 1.29 is 8.42 Å². The molecule has 0 radical (unpaired) electrons. The summed E-state index contributed by atoms with van der Waals surface area (Å²) >= 11 is 0. The van der Waals surface area contributed by atoms with Gasteiger partial charge in [0.25, 0.3) is 10.0 Å². The van der Waals surface area contributed by atoms with Crippen molar-refractivity contribution in [1.82, 2.24) is 0 Å². The van der Waals surface area contributed by atoms with Crippen LogP contribution in [0.1, 0.15) is 11.1 Å². The summed E-state index contributed by atoms with van der Waals surface area (Å²) < 4.78 is 27.0. The Kier molecular flexibility index (Phi) is 4.03. The maximum atomic E-state index is 12.3. The minimum atomic E-state index is -3.79. The Morgan fingerprint density at radius 2 is 1.90 bits per heavy atom. The van der Waals surface area contributed by atoms with Gasteiger partial charge in [0, 0.05) is 12.2 Å². The number of benzene rings is 2. The van der Waals surface area contributed by atoms with Gasteiger partial charge in [-0.05, 0) is 29.8 Å². The first-order valence-corrected chi connectivity index (χ1v) is 7.36. The van der Waals surface area contributed by atoms with Crippen molar-refractivity contribution in [3.05, 3.63) is 59.7 Å². The Labute approximate surface area is 117 Å². The van der Waals surface area contributed by atoms with Crippen LogP contribution in [-0.2, 0) is 16.6 Å². The van der Waals surface area contributed by atoms with E-state index in [1.165, 1.54) is 12.1 Å². The van der Waals surface area contributed by atoms with Crippen molar-refractivity contribution in [2.75, 3.05) is 4.72 Å². The molecular formula is C14H13N3O2S. The molecule has 0 saturated carbocycles. The molecule has 0 aliphatic heterocycles. The van der Waals surface area contributed by atoms with Gasteiger partial charge in [0.1, 0.15) is 11.0 Å². The summed E-state index contributed by atoms with van der Waals surface area (Å²) in [7, 11) is -3.79. The molecule has 0 bridgehead atoms. The van der Waals surface area contributed by atoms with Gasteiger partial charge in [0.2, 0.25) is 0 Å². The largest absolute Gasteiger partial charge is 0.326 e. The number of sulfonamides is 1. The minimum Gasteiger partial charge on any atom is -0.326 e. The molecule has 0 aromatic heterocycles. The number of hydrogen-bond donors (Lipinski definition) is 2. The van der Waals surface area contributed by atoms with Gasteiger partial charge in [0.15, 0.2) is 0 Å². The maximum absolute atomic E-state index is 12.3. The second-order valence-electron chi connectivity index (χ2n) is 4.12. The molecule has 2 rings (SSSR count). The SMILES string of the molecule is N#Cc1ccccc1S(=O)(=O)Nc1cccc(CN)c1. The summed E-state index contributed by atoms with van der Waals surface area (Å²) in [5, 5.41) is 8.97. The molecule has 0 heterocycles. The third kappa shape index (κ3) is 2.96. The van der Waals surface area contributed by atoms with Crippen LogP contribution >= 0.6 is 0 Å². The van der Waals surface area contributed by atoms with Gasteiger partial charge in [-0.1, -0.05) is 24.3 Å². The molecule has 0 spiro atoms. The van der Waals surface area contributed by atoms with Crippen molar-refractivity contribution >= 4 is 15.7 Å². The van der Waals surface area contributed by atoms with Crippen LogP contribution in [0.3, 0.4) is 0 Å². The van der Waals surface area contributed by atoms with Crippen LogP contribution in [-0.4, -0.2) is 8.42 Å². The normalized spacial score (nSPS) is 10.8. The molecule has 0 atom stereocenters. The number of anilines is 1. The summed E-state index contributed by atoms with van der Waals surface area (Å²) in [5.41, 5.74) is 6.86. The van der Waals surface area contributed by atoms with E-state index in [4.69, 9.17) is 11.0 Å². The van der Waals surface area contributed by atoms with Crippen LogP contribution in [0, 0.1) is 11.3 Å². The molecular weight excluding hydrogens is 274 g/mol. The quantitative estimate of drug-likeness (QED) is 0.896. The summed E-state index contributed by atoms with van der Waals surface area (Å²) in [4.78, 5) is -0.0411. The smallest absolute Gasteiger partial charge is 0.263 e. The first-order chi connectivity index (χ1) is 9.56. The van der Waals surface area contributed by atoms with E-state index < -0.39 is 10.0 Å². The number of nitrogens with one attached hydrogen (secondary N) is 1. The summed E-state index contributed by atoms with van der Waals surface area (Å²) in [5.74, 6) is 0. The molecule has 5 nitrogen and oxygen atoms in total. The molecule has 0 amide bonds. The molecule has 3 N–H and O–H groups in total. The van der Waals surface area contributed by atoms with Gasteiger partial charge >= 0.3 is 0 Å². The number of rotatable bonds is 4. The van der Waals surface area contributed by atoms with Gasteiger partial charge in [-0.3, -0.25) is 4.72 Å². The summed E-state index contributed by atoms with van der Waals surface area (Å²) in [6, 6.07) is 14.7. The molecule has 0 saturated heterocycles. The number of nitrogens with two attached hydrogens (primary N) is 1. The van der Waals surface area contributed by atoms with E-state index in [0.717, 1.165) is 5.56 Å². The number of hydrogen-bond acceptors (Lipinski definition) is 4. The Morgan fingerprint density at radius 3 is 2.60 bits per heavy atom. The summed E-state index contributed by atoms with van der Waals surface area (Å²) in [6.45, 7) is 0.324. The zero-order valence-corrected chi connectivity index (χ0v) is 11.4. The highest BCUT2D eigenvalue weighted by Crippen LogP contribution is 2.19. The predicted molar refractivity (Wildman–Crippen MR) is 76.3 cm³/mol. The molecule has 20 heavy (non-hydrogen) atoms. The zero-order valence-electron chi connectivity index (χ0n) is 10.6. The third-order valence-corrected chi connectivity index (χ3v) is 4.15. The van der Waals surface area contributed by atoms with Crippen molar-refractivity contribution in [3.63, 3.8) is 0 Å². The fraction of sp³-hybridized carbons (Fsp3) is 0.0714. The van der Waals surface area contributed by atoms with Gasteiger partial charge in [-0.15, -0.1) is 0 Å². The van der Waals surface area contributed by atoms with E-state index >= 15 is 0 Å². The van der Waals surface area contributed by atoms with Crippen LogP contribution in [0.4, 0.5) is 5.69 Å². The molecule has 2 aromatic carbocycles. The van der Waals surface area contributed by atoms with Crippen LogP contribution in [0.5, 0.6) is 0 Å². The lowest BCUT2D eigenvalue weighted by atomic mass is 10.2. The number of nitriles is 1. The minimum absolute atomic E-state index is 0.0411. The Morgan fingerprint density at radius 1 is 1.15 bits per heavy atom. The van der Waals surface area contributed by atoms with E-state index in [1.54, 1.807) is 36.4 Å². The van der Waals surface area contributed by atoms with Gasteiger partial charge in [-0.25, -0.2) is 8.42 Å². The highest BCUT2D eigenvalue weighted by Gasteiger charge is 2.18. The van der Waals surface area contributed by atoms with Crippen molar-refractivity contribution in [2.24, 2.45) is 5.73 Å². The average molecular weight is 287 g/mol. The number of nitrogens with zero attached hydrogens (tertiary/aromatic N) is 1. The zero-order chi connectivity index (χ0) is 14.6. The molecule has 0 aliphatic carbocycles. The van der Waals surface area contributed by atoms with Crippen molar-refractivity contribution in [2.45, 2.75) is 11.4 Å².